The molecule has 96 valence electrons. The molecule has 0 spiro atoms. The Morgan fingerprint density at radius 3 is 2.78 bits per heavy atom. The van der Waals surface area contributed by atoms with Crippen molar-refractivity contribution < 1.29 is 22.1 Å². The summed E-state index contributed by atoms with van der Waals surface area (Å²) in [6, 6.07) is 3.33. The van der Waals surface area contributed by atoms with Gasteiger partial charge in [-0.2, -0.15) is 13.2 Å². The number of fused-ring (bicyclic) bond motifs is 1. The van der Waals surface area contributed by atoms with Gasteiger partial charge >= 0.3 is 12.1 Å². The normalized spacial score (nSPS) is 11.8. The Bertz CT molecular complexity index is 594. The second-order valence-corrected chi connectivity index (χ2v) is 5.33. The molecule has 0 unspecified atom stereocenters. The van der Waals surface area contributed by atoms with Crippen LogP contribution in [0.15, 0.2) is 22.5 Å². The molecule has 0 amide bonds. The van der Waals surface area contributed by atoms with E-state index < -0.39 is 17.7 Å². The predicted molar refractivity (Wildman–Crippen MR) is 62.2 cm³/mol. The molecule has 1 aromatic heterocycles. The summed E-state index contributed by atoms with van der Waals surface area (Å²) in [5, 5.41) is 0. The number of carbonyl (C=O) groups excluding carboxylic acids is 1. The Kier molecular flexibility index (Phi) is 3.49. The largest absolute Gasteiger partial charge is 0.416 e. The van der Waals surface area contributed by atoms with Crippen LogP contribution < -0.4 is 0 Å². The minimum Gasteiger partial charge on any atom is -0.384 e. The van der Waals surface area contributed by atoms with Crippen molar-refractivity contribution in [1.29, 1.82) is 0 Å². The van der Waals surface area contributed by atoms with Crippen molar-refractivity contribution >= 4 is 39.6 Å². The van der Waals surface area contributed by atoms with Gasteiger partial charge in [-0.1, -0.05) is 0 Å². The van der Waals surface area contributed by atoms with Crippen LogP contribution in [0.25, 0.3) is 10.2 Å². The number of hydrogen-bond acceptors (Lipinski definition) is 5. The van der Waals surface area contributed by atoms with Crippen molar-refractivity contribution in [2.45, 2.75) is 17.4 Å². The molecule has 3 nitrogen and oxygen atoms in total. The van der Waals surface area contributed by atoms with E-state index in [0.717, 1.165) is 24.2 Å². The van der Waals surface area contributed by atoms with Gasteiger partial charge in [0.1, 0.15) is 12.0 Å². The first kappa shape index (κ1) is 13.2. The molecular formula is C10H6F3NO2S2. The maximum absolute atomic E-state index is 12.5. The first-order valence-electron chi connectivity index (χ1n) is 4.69. The Morgan fingerprint density at radius 1 is 1.44 bits per heavy atom. The van der Waals surface area contributed by atoms with Crippen LogP contribution in [0.5, 0.6) is 0 Å². The van der Waals surface area contributed by atoms with E-state index in [4.69, 9.17) is 0 Å². The van der Waals surface area contributed by atoms with Crippen molar-refractivity contribution in [3.05, 3.63) is 23.8 Å². The summed E-state index contributed by atoms with van der Waals surface area (Å²) in [6.45, 7) is 1.24. The minimum atomic E-state index is -4.39. The fraction of sp³-hybridized carbons (Fsp3) is 0.200. The van der Waals surface area contributed by atoms with Gasteiger partial charge in [0, 0.05) is 6.92 Å². The summed E-state index contributed by atoms with van der Waals surface area (Å²) in [4.78, 5) is 14.6. The molecule has 0 aliphatic carbocycles. The molecule has 0 N–H and O–H groups in total. The molecular weight excluding hydrogens is 287 g/mol. The third-order valence-corrected chi connectivity index (χ3v) is 3.76. The van der Waals surface area contributed by atoms with Crippen LogP contribution in [-0.2, 0) is 15.2 Å². The van der Waals surface area contributed by atoms with Crippen LogP contribution >= 0.6 is 23.4 Å². The quantitative estimate of drug-likeness (QED) is 0.788. The maximum atomic E-state index is 12.5. The van der Waals surface area contributed by atoms with Gasteiger partial charge in [0.15, 0.2) is 4.34 Å². The lowest BCUT2D eigenvalue weighted by Crippen LogP contribution is -2.03. The zero-order valence-electron chi connectivity index (χ0n) is 8.95. The van der Waals surface area contributed by atoms with E-state index in [0.29, 0.717) is 9.04 Å². The molecule has 2 rings (SSSR count). The number of carbonyl (C=O) groups is 1. The summed E-state index contributed by atoms with van der Waals surface area (Å²) < 4.78 is 43.1. The molecule has 0 radical (unpaired) electrons. The molecule has 0 fully saturated rings. The third-order valence-electron chi connectivity index (χ3n) is 1.93. The smallest absolute Gasteiger partial charge is 0.384 e. The Balaban J connectivity index is 2.31. The van der Waals surface area contributed by atoms with Gasteiger partial charge in [-0.25, -0.2) is 4.98 Å². The highest BCUT2D eigenvalue weighted by Gasteiger charge is 2.30. The Hall–Kier alpha value is -1.28. The highest BCUT2D eigenvalue weighted by Crippen LogP contribution is 2.35. The number of aromatic nitrogens is 1. The molecule has 0 atom stereocenters. The number of thiazole rings is 1. The lowest BCUT2D eigenvalue weighted by Gasteiger charge is -2.04. The highest BCUT2D eigenvalue weighted by atomic mass is 32.2. The van der Waals surface area contributed by atoms with Gasteiger partial charge in [0.05, 0.1) is 15.8 Å². The van der Waals surface area contributed by atoms with E-state index in [1.54, 1.807) is 0 Å². The van der Waals surface area contributed by atoms with Gasteiger partial charge in [-0.3, -0.25) is 4.79 Å². The zero-order chi connectivity index (χ0) is 13.3. The van der Waals surface area contributed by atoms with E-state index in [2.05, 4.69) is 9.17 Å². The molecule has 0 aliphatic rings. The summed E-state index contributed by atoms with van der Waals surface area (Å²) in [6.07, 6.45) is -4.39. The molecule has 1 aromatic carbocycles. The van der Waals surface area contributed by atoms with Crippen LogP contribution in [0.4, 0.5) is 13.2 Å². The maximum Gasteiger partial charge on any atom is 0.416 e. The van der Waals surface area contributed by atoms with Crippen LogP contribution in [0.1, 0.15) is 12.5 Å². The fourth-order valence-corrected chi connectivity index (χ4v) is 2.72. The number of rotatable bonds is 2. The number of alkyl halides is 3. The van der Waals surface area contributed by atoms with Gasteiger partial charge in [-0.05, 0) is 18.2 Å². The average molecular weight is 293 g/mol. The fourth-order valence-electron chi connectivity index (χ4n) is 1.21. The molecule has 8 heteroatoms. The van der Waals surface area contributed by atoms with Gasteiger partial charge in [-0.15, -0.1) is 11.3 Å². The average Bonchev–Trinajstić information content (AvgIpc) is 2.66. The molecule has 18 heavy (non-hydrogen) atoms. The van der Waals surface area contributed by atoms with Crippen molar-refractivity contribution in [1.82, 2.24) is 4.98 Å². The SMILES string of the molecule is CC(=O)OSc1nc2cc(C(F)(F)F)ccc2s1. The van der Waals surface area contributed by atoms with Crippen LogP contribution in [0, 0.1) is 0 Å². The minimum absolute atomic E-state index is 0.240. The third kappa shape index (κ3) is 2.94. The zero-order valence-corrected chi connectivity index (χ0v) is 10.6. The number of benzene rings is 1. The molecule has 0 aliphatic heterocycles. The van der Waals surface area contributed by atoms with Crippen molar-refractivity contribution in [2.24, 2.45) is 0 Å². The molecule has 0 bridgehead atoms. The van der Waals surface area contributed by atoms with Crippen molar-refractivity contribution in [2.75, 3.05) is 0 Å². The van der Waals surface area contributed by atoms with E-state index in [9.17, 15) is 18.0 Å². The first-order chi connectivity index (χ1) is 8.36. The first-order valence-corrected chi connectivity index (χ1v) is 6.25. The number of hydrogen-bond donors (Lipinski definition) is 0. The second-order valence-electron chi connectivity index (χ2n) is 3.32. The monoisotopic (exact) mass is 293 g/mol. The summed E-state index contributed by atoms with van der Waals surface area (Å²) >= 11 is 1.91. The highest BCUT2D eigenvalue weighted by molar-refractivity contribution is 7.97. The second kappa shape index (κ2) is 4.77. The molecule has 2 aromatic rings. The predicted octanol–water partition coefficient (Wildman–Crippen LogP) is 3.89. The Morgan fingerprint density at radius 2 is 2.17 bits per heavy atom. The number of nitrogens with zero attached hydrogens (tertiary/aromatic N) is 1. The van der Waals surface area contributed by atoms with E-state index in [1.807, 2.05) is 0 Å². The Labute approximate surface area is 108 Å². The lowest BCUT2D eigenvalue weighted by molar-refractivity contribution is -0.137. The van der Waals surface area contributed by atoms with Crippen LogP contribution in [-0.4, -0.2) is 11.0 Å². The summed E-state index contributed by atoms with van der Waals surface area (Å²) in [5.41, 5.74) is -0.506. The van der Waals surface area contributed by atoms with Gasteiger partial charge in [0.2, 0.25) is 0 Å². The van der Waals surface area contributed by atoms with E-state index in [1.165, 1.54) is 24.3 Å². The van der Waals surface area contributed by atoms with E-state index in [-0.39, 0.29) is 5.52 Å². The topological polar surface area (TPSA) is 39.2 Å². The summed E-state index contributed by atoms with van der Waals surface area (Å²) in [5.74, 6) is -0.491. The molecule has 1 heterocycles. The molecule has 0 saturated carbocycles. The standard InChI is InChI=1S/C10H6F3NO2S2/c1-5(15)16-18-9-14-7-4-6(10(11,12)13)2-3-8(7)17-9/h2-4H,1H3. The van der Waals surface area contributed by atoms with Crippen LogP contribution in [0.3, 0.4) is 0 Å². The van der Waals surface area contributed by atoms with Crippen molar-refractivity contribution in [3.8, 4) is 0 Å². The number of halogens is 3. The van der Waals surface area contributed by atoms with Crippen molar-refractivity contribution in [3.63, 3.8) is 0 Å². The van der Waals surface area contributed by atoms with Gasteiger partial charge < -0.3 is 4.18 Å². The lowest BCUT2D eigenvalue weighted by atomic mass is 10.2. The summed E-state index contributed by atoms with van der Waals surface area (Å²) in [7, 11) is 0. The van der Waals surface area contributed by atoms with Crippen LogP contribution in [0.2, 0.25) is 0 Å². The molecule has 0 saturated heterocycles. The van der Waals surface area contributed by atoms with E-state index >= 15 is 0 Å². The van der Waals surface area contributed by atoms with Gasteiger partial charge in [0.25, 0.3) is 0 Å².